The summed E-state index contributed by atoms with van der Waals surface area (Å²) >= 11 is 0. The number of ether oxygens (including phenoxy) is 1. The van der Waals surface area contributed by atoms with E-state index in [1.54, 1.807) is 6.92 Å². The maximum Gasteiger partial charge on any atom is 0.319 e. The number of hydrogen-bond donors (Lipinski definition) is 0. The van der Waals surface area contributed by atoms with Crippen LogP contribution in [-0.2, 0) is 14.3 Å². The number of rotatable bonds is 3. The van der Waals surface area contributed by atoms with E-state index < -0.39 is 17.3 Å². The second-order valence-electron chi connectivity index (χ2n) is 6.07. The summed E-state index contributed by atoms with van der Waals surface area (Å²) in [7, 11) is 0. The van der Waals surface area contributed by atoms with E-state index in [4.69, 9.17) is 4.74 Å². The summed E-state index contributed by atoms with van der Waals surface area (Å²) < 4.78 is 5.06. The Morgan fingerprint density at radius 2 is 2.00 bits per heavy atom. The highest BCUT2D eigenvalue weighted by molar-refractivity contribution is 5.98. The van der Waals surface area contributed by atoms with Crippen molar-refractivity contribution < 1.29 is 14.3 Å². The van der Waals surface area contributed by atoms with Gasteiger partial charge in [0.25, 0.3) is 0 Å². The third-order valence-corrected chi connectivity index (χ3v) is 3.47. The van der Waals surface area contributed by atoms with E-state index >= 15 is 0 Å². The monoisotopic (exact) mass is 255 g/mol. The molecule has 1 heterocycles. The Kier molecular flexibility index (Phi) is 4.77. The van der Waals surface area contributed by atoms with Crippen LogP contribution in [0.2, 0.25) is 0 Å². The molecule has 1 aliphatic rings. The SMILES string of the molecule is CCOC(=O)C(C(=O)N1CCCC1C)C(C)(C)C. The fourth-order valence-electron chi connectivity index (χ4n) is 2.48. The van der Waals surface area contributed by atoms with Crippen LogP contribution in [0.25, 0.3) is 0 Å². The van der Waals surface area contributed by atoms with Crippen molar-refractivity contribution in [2.24, 2.45) is 11.3 Å². The predicted octanol–water partition coefficient (Wildman–Crippen LogP) is 2.22. The first-order valence-electron chi connectivity index (χ1n) is 6.76. The number of amides is 1. The maximum absolute atomic E-state index is 12.5. The van der Waals surface area contributed by atoms with Crippen LogP contribution in [0, 0.1) is 11.3 Å². The molecule has 1 aliphatic heterocycles. The maximum atomic E-state index is 12.5. The summed E-state index contributed by atoms with van der Waals surface area (Å²) in [6, 6.07) is 0.233. The van der Waals surface area contributed by atoms with E-state index in [9.17, 15) is 9.59 Å². The van der Waals surface area contributed by atoms with E-state index in [1.165, 1.54) is 0 Å². The lowest BCUT2D eigenvalue weighted by atomic mass is 9.79. The van der Waals surface area contributed by atoms with Crippen molar-refractivity contribution in [2.75, 3.05) is 13.2 Å². The third kappa shape index (κ3) is 3.24. The van der Waals surface area contributed by atoms with Crippen molar-refractivity contribution in [1.29, 1.82) is 0 Å². The first kappa shape index (κ1) is 15.0. The van der Waals surface area contributed by atoms with E-state index in [-0.39, 0.29) is 11.9 Å². The van der Waals surface area contributed by atoms with Gasteiger partial charge in [-0.05, 0) is 32.1 Å². The van der Waals surface area contributed by atoms with Crippen molar-refractivity contribution in [3.63, 3.8) is 0 Å². The van der Waals surface area contributed by atoms with Gasteiger partial charge in [0.1, 0.15) is 5.92 Å². The molecule has 1 fully saturated rings. The summed E-state index contributed by atoms with van der Waals surface area (Å²) in [4.78, 5) is 26.4. The molecule has 2 atom stereocenters. The Morgan fingerprint density at radius 3 is 2.39 bits per heavy atom. The lowest BCUT2D eigenvalue weighted by Gasteiger charge is -2.32. The molecule has 0 saturated carbocycles. The number of hydrogen-bond acceptors (Lipinski definition) is 3. The van der Waals surface area contributed by atoms with Crippen LogP contribution in [0.5, 0.6) is 0 Å². The van der Waals surface area contributed by atoms with Crippen molar-refractivity contribution in [3.8, 4) is 0 Å². The Morgan fingerprint density at radius 1 is 1.39 bits per heavy atom. The Labute approximate surface area is 110 Å². The first-order chi connectivity index (χ1) is 8.29. The second kappa shape index (κ2) is 5.72. The van der Waals surface area contributed by atoms with Gasteiger partial charge in [0.2, 0.25) is 5.91 Å². The van der Waals surface area contributed by atoms with Crippen LogP contribution >= 0.6 is 0 Å². The van der Waals surface area contributed by atoms with Gasteiger partial charge in [-0.15, -0.1) is 0 Å². The van der Waals surface area contributed by atoms with Crippen molar-refractivity contribution in [1.82, 2.24) is 4.90 Å². The van der Waals surface area contributed by atoms with E-state index in [0.29, 0.717) is 6.61 Å². The summed E-state index contributed by atoms with van der Waals surface area (Å²) in [6.45, 7) is 10.6. The molecule has 1 saturated heterocycles. The Bertz CT molecular complexity index is 319. The Balaban J connectivity index is 2.89. The molecule has 0 bridgehead atoms. The largest absolute Gasteiger partial charge is 0.465 e. The van der Waals surface area contributed by atoms with Gasteiger partial charge < -0.3 is 9.64 Å². The highest BCUT2D eigenvalue weighted by Gasteiger charge is 2.43. The summed E-state index contributed by atoms with van der Waals surface area (Å²) in [5.74, 6) is -1.17. The van der Waals surface area contributed by atoms with Crippen LogP contribution in [0.3, 0.4) is 0 Å². The molecule has 0 aliphatic carbocycles. The number of nitrogens with zero attached hydrogens (tertiary/aromatic N) is 1. The van der Waals surface area contributed by atoms with Gasteiger partial charge in [-0.2, -0.15) is 0 Å². The molecular formula is C14H25NO3. The van der Waals surface area contributed by atoms with Crippen LogP contribution in [-0.4, -0.2) is 36.0 Å². The molecule has 0 aromatic heterocycles. The first-order valence-corrected chi connectivity index (χ1v) is 6.76. The summed E-state index contributed by atoms with van der Waals surface area (Å²) in [6.07, 6.45) is 2.04. The van der Waals surface area contributed by atoms with Crippen molar-refractivity contribution in [3.05, 3.63) is 0 Å². The minimum atomic E-state index is -0.696. The average Bonchev–Trinajstić information content (AvgIpc) is 2.62. The normalized spacial score (nSPS) is 21.8. The lowest BCUT2D eigenvalue weighted by molar-refractivity contribution is -0.160. The van der Waals surface area contributed by atoms with Gasteiger partial charge in [0.05, 0.1) is 6.61 Å². The number of esters is 1. The van der Waals surface area contributed by atoms with Gasteiger partial charge in [0, 0.05) is 12.6 Å². The minimum absolute atomic E-state index is 0.0778. The second-order valence-corrected chi connectivity index (χ2v) is 6.07. The van der Waals surface area contributed by atoms with Gasteiger partial charge in [-0.3, -0.25) is 9.59 Å². The van der Waals surface area contributed by atoms with E-state index in [0.717, 1.165) is 19.4 Å². The molecule has 0 aromatic carbocycles. The Hall–Kier alpha value is -1.06. The molecule has 0 spiro atoms. The molecule has 1 amide bonds. The zero-order valence-electron chi connectivity index (χ0n) is 12.2. The van der Waals surface area contributed by atoms with Crippen LogP contribution < -0.4 is 0 Å². The van der Waals surface area contributed by atoms with E-state index in [2.05, 4.69) is 0 Å². The van der Waals surface area contributed by atoms with Gasteiger partial charge >= 0.3 is 5.97 Å². The highest BCUT2D eigenvalue weighted by atomic mass is 16.5. The van der Waals surface area contributed by atoms with E-state index in [1.807, 2.05) is 32.6 Å². The standard InChI is InChI=1S/C14H25NO3/c1-6-18-13(17)11(14(3,4)5)12(16)15-9-7-8-10(15)2/h10-11H,6-9H2,1-5H3. The highest BCUT2D eigenvalue weighted by Crippen LogP contribution is 2.31. The zero-order chi connectivity index (χ0) is 13.9. The molecule has 104 valence electrons. The molecule has 0 radical (unpaired) electrons. The van der Waals surface area contributed by atoms with Crippen molar-refractivity contribution in [2.45, 2.75) is 53.5 Å². The fourth-order valence-corrected chi connectivity index (χ4v) is 2.48. The van der Waals surface area contributed by atoms with Gasteiger partial charge in [-0.25, -0.2) is 0 Å². The zero-order valence-corrected chi connectivity index (χ0v) is 12.2. The predicted molar refractivity (Wildman–Crippen MR) is 70.0 cm³/mol. The molecule has 2 unspecified atom stereocenters. The molecule has 4 heteroatoms. The van der Waals surface area contributed by atoms with Gasteiger partial charge in [-0.1, -0.05) is 20.8 Å². The molecule has 0 aromatic rings. The smallest absolute Gasteiger partial charge is 0.319 e. The number of carbonyl (C=O) groups excluding carboxylic acids is 2. The van der Waals surface area contributed by atoms with Gasteiger partial charge in [0.15, 0.2) is 0 Å². The topological polar surface area (TPSA) is 46.6 Å². The fraction of sp³-hybridized carbons (Fsp3) is 0.857. The summed E-state index contributed by atoms with van der Waals surface area (Å²) in [5.41, 5.74) is -0.411. The average molecular weight is 255 g/mol. The lowest BCUT2D eigenvalue weighted by Crippen LogP contribution is -2.47. The van der Waals surface area contributed by atoms with Crippen LogP contribution in [0.4, 0.5) is 0 Å². The molecule has 18 heavy (non-hydrogen) atoms. The quantitative estimate of drug-likeness (QED) is 0.574. The molecular weight excluding hydrogens is 230 g/mol. The summed E-state index contributed by atoms with van der Waals surface area (Å²) in [5, 5.41) is 0. The van der Waals surface area contributed by atoms with Crippen LogP contribution in [0.1, 0.15) is 47.5 Å². The molecule has 4 nitrogen and oxygen atoms in total. The minimum Gasteiger partial charge on any atom is -0.465 e. The number of likely N-dealkylation sites (tertiary alicyclic amines) is 1. The number of carbonyl (C=O) groups is 2. The molecule has 0 N–H and O–H groups in total. The van der Waals surface area contributed by atoms with Crippen molar-refractivity contribution >= 4 is 11.9 Å². The molecule has 1 rings (SSSR count). The third-order valence-electron chi connectivity index (χ3n) is 3.47. The van der Waals surface area contributed by atoms with Crippen LogP contribution in [0.15, 0.2) is 0 Å².